The van der Waals surface area contributed by atoms with Gasteiger partial charge in [0.2, 0.25) is 0 Å². The molecule has 21 heavy (non-hydrogen) atoms. The molecule has 0 rings (SSSR count). The van der Waals surface area contributed by atoms with E-state index in [1.54, 1.807) is 6.92 Å². The number of carboxylic acids is 2. The molecule has 9 nitrogen and oxygen atoms in total. The molecule has 0 radical (unpaired) electrons. The first-order chi connectivity index (χ1) is 9.60. The number of hydrogen-bond donors (Lipinski definition) is 3. The van der Waals surface area contributed by atoms with Crippen LogP contribution in [-0.2, 0) is 28.7 Å². The molecule has 120 valence electrons. The molecule has 0 saturated carbocycles. The van der Waals surface area contributed by atoms with Gasteiger partial charge >= 0.3 is 23.9 Å². The Balaban J connectivity index is 4.54. The number of carbonyl (C=O) groups excluding carboxylic acids is 2. The second-order valence-electron chi connectivity index (χ2n) is 4.39. The van der Waals surface area contributed by atoms with Crippen LogP contribution in [0, 0.1) is 0 Å². The largest absolute Gasteiger partial charge is 0.481 e. The summed E-state index contributed by atoms with van der Waals surface area (Å²) in [5, 5.41) is 27.0. The molecule has 0 aliphatic heterocycles. The molecule has 0 aromatic rings. The van der Waals surface area contributed by atoms with Gasteiger partial charge in [-0.2, -0.15) is 0 Å². The van der Waals surface area contributed by atoms with Crippen molar-refractivity contribution in [3.63, 3.8) is 0 Å². The van der Waals surface area contributed by atoms with Crippen molar-refractivity contribution in [3.8, 4) is 0 Å². The van der Waals surface area contributed by atoms with Crippen LogP contribution in [0.4, 0.5) is 0 Å². The second-order valence-corrected chi connectivity index (χ2v) is 4.39. The summed E-state index contributed by atoms with van der Waals surface area (Å²) in [5.74, 6) is -5.15. The summed E-state index contributed by atoms with van der Waals surface area (Å²) in [6.45, 7) is 3.15. The third-order valence-corrected chi connectivity index (χ3v) is 2.37. The summed E-state index contributed by atoms with van der Waals surface area (Å²) >= 11 is 0. The molecule has 0 aliphatic rings. The minimum absolute atomic E-state index is 0.164. The lowest BCUT2D eigenvalue weighted by Gasteiger charge is -2.21. The maximum atomic E-state index is 11.5. The normalized spacial score (nSPS) is 14.6. The number of hydrogen-bond acceptors (Lipinski definition) is 7. The van der Waals surface area contributed by atoms with Gasteiger partial charge in [0.1, 0.15) is 6.10 Å². The highest BCUT2D eigenvalue weighted by molar-refractivity contribution is 5.88. The van der Waals surface area contributed by atoms with Crippen molar-refractivity contribution in [3.05, 3.63) is 0 Å². The molecule has 0 aromatic carbocycles. The van der Waals surface area contributed by atoms with Crippen LogP contribution in [0.1, 0.15) is 33.1 Å². The third-order valence-electron chi connectivity index (χ3n) is 2.37. The van der Waals surface area contributed by atoms with Crippen LogP contribution in [-0.4, -0.2) is 57.5 Å². The minimum atomic E-state index is -2.76. The smallest absolute Gasteiger partial charge is 0.336 e. The minimum Gasteiger partial charge on any atom is -0.481 e. The van der Waals surface area contributed by atoms with E-state index in [0.717, 1.165) is 0 Å². The number of aliphatic hydroxyl groups is 1. The van der Waals surface area contributed by atoms with Crippen LogP contribution in [0.15, 0.2) is 0 Å². The lowest BCUT2D eigenvalue weighted by atomic mass is 9.96. The molecule has 9 heteroatoms. The number of rotatable bonds is 9. The molecule has 3 N–H and O–H groups in total. The third kappa shape index (κ3) is 7.25. The average Bonchev–Trinajstić information content (AvgIpc) is 2.26. The van der Waals surface area contributed by atoms with Gasteiger partial charge in [0.05, 0.1) is 25.9 Å². The van der Waals surface area contributed by atoms with Crippen LogP contribution >= 0.6 is 0 Å². The zero-order valence-electron chi connectivity index (χ0n) is 11.7. The topological polar surface area (TPSA) is 147 Å². The van der Waals surface area contributed by atoms with E-state index in [4.69, 9.17) is 14.9 Å². The first kappa shape index (κ1) is 18.8. The Morgan fingerprint density at radius 2 is 1.67 bits per heavy atom. The first-order valence-electron chi connectivity index (χ1n) is 6.13. The van der Waals surface area contributed by atoms with Gasteiger partial charge in [-0.1, -0.05) is 0 Å². The summed E-state index contributed by atoms with van der Waals surface area (Å²) in [5.41, 5.74) is -2.76. The predicted octanol–water partition coefficient (Wildman–Crippen LogP) is -0.448. The van der Waals surface area contributed by atoms with E-state index in [1.807, 2.05) is 0 Å². The fourth-order valence-electron chi connectivity index (χ4n) is 1.47. The molecule has 0 heterocycles. The number of carboxylic acid groups (broad SMARTS) is 2. The molecule has 0 aromatic heterocycles. The lowest BCUT2D eigenvalue weighted by molar-refractivity contribution is -0.173. The molecular formula is C12H18O9. The van der Waals surface area contributed by atoms with Crippen molar-refractivity contribution in [1.82, 2.24) is 0 Å². The quantitative estimate of drug-likeness (QED) is 0.482. The Hall–Kier alpha value is -2.16. The average molecular weight is 306 g/mol. The zero-order valence-corrected chi connectivity index (χ0v) is 11.7. The number of carbonyl (C=O) groups is 4. The van der Waals surface area contributed by atoms with Crippen molar-refractivity contribution in [1.29, 1.82) is 0 Å². The highest BCUT2D eigenvalue weighted by Crippen LogP contribution is 2.18. The molecule has 2 atom stereocenters. The van der Waals surface area contributed by atoms with Crippen LogP contribution in [0.3, 0.4) is 0 Å². The van der Waals surface area contributed by atoms with Gasteiger partial charge in [-0.25, -0.2) is 4.79 Å². The highest BCUT2D eigenvalue weighted by atomic mass is 16.6. The summed E-state index contributed by atoms with van der Waals surface area (Å²) in [4.78, 5) is 44.0. The monoisotopic (exact) mass is 306 g/mol. The lowest BCUT2D eigenvalue weighted by Crippen LogP contribution is -2.43. The van der Waals surface area contributed by atoms with Crippen molar-refractivity contribution >= 4 is 23.9 Å². The number of ether oxygens (including phenoxy) is 2. The van der Waals surface area contributed by atoms with Crippen LogP contribution < -0.4 is 0 Å². The highest BCUT2D eigenvalue weighted by Gasteiger charge is 2.41. The SMILES string of the molecule is CCOC(=O)CC(C)OC(=O)CC(O)(CC(=O)O)C(=O)O. The van der Waals surface area contributed by atoms with Gasteiger partial charge in [-0.05, 0) is 13.8 Å². The van der Waals surface area contributed by atoms with Gasteiger partial charge in [0.25, 0.3) is 0 Å². The molecule has 0 spiro atoms. The summed E-state index contributed by atoms with van der Waals surface area (Å²) < 4.78 is 9.37. The molecule has 0 amide bonds. The molecular weight excluding hydrogens is 288 g/mol. The van der Waals surface area contributed by atoms with E-state index in [1.165, 1.54) is 6.92 Å². The summed E-state index contributed by atoms with van der Waals surface area (Å²) in [6.07, 6.45) is -3.31. The number of aliphatic carboxylic acids is 2. The first-order valence-corrected chi connectivity index (χ1v) is 6.13. The van der Waals surface area contributed by atoms with Crippen LogP contribution in [0.5, 0.6) is 0 Å². The van der Waals surface area contributed by atoms with Gasteiger partial charge in [0.15, 0.2) is 5.60 Å². The van der Waals surface area contributed by atoms with Gasteiger partial charge < -0.3 is 24.8 Å². The van der Waals surface area contributed by atoms with Gasteiger partial charge in [-0.3, -0.25) is 14.4 Å². The van der Waals surface area contributed by atoms with Crippen molar-refractivity contribution in [2.24, 2.45) is 0 Å². The Bertz CT molecular complexity index is 417. The van der Waals surface area contributed by atoms with Crippen molar-refractivity contribution in [2.75, 3.05) is 6.61 Å². The summed E-state index contributed by atoms with van der Waals surface area (Å²) in [6, 6.07) is 0. The molecule has 0 aliphatic carbocycles. The van der Waals surface area contributed by atoms with Crippen LogP contribution in [0.25, 0.3) is 0 Å². The van der Waals surface area contributed by atoms with E-state index < -0.39 is 48.4 Å². The Labute approximate surface area is 120 Å². The Kier molecular flexibility index (Phi) is 7.36. The predicted molar refractivity (Wildman–Crippen MR) is 66.3 cm³/mol. The number of esters is 2. The standard InChI is InChI=1S/C12H18O9/c1-3-20-9(15)4-7(2)21-10(16)6-12(19,11(17)18)5-8(13)14/h7,19H,3-6H2,1-2H3,(H,13,14)(H,17,18). The van der Waals surface area contributed by atoms with Crippen molar-refractivity contribution in [2.45, 2.75) is 44.8 Å². The Morgan fingerprint density at radius 3 is 2.10 bits per heavy atom. The van der Waals surface area contributed by atoms with Crippen LogP contribution in [0.2, 0.25) is 0 Å². The van der Waals surface area contributed by atoms with Gasteiger partial charge in [0, 0.05) is 0 Å². The van der Waals surface area contributed by atoms with E-state index >= 15 is 0 Å². The fraction of sp³-hybridized carbons (Fsp3) is 0.667. The van der Waals surface area contributed by atoms with E-state index in [-0.39, 0.29) is 13.0 Å². The Morgan fingerprint density at radius 1 is 1.10 bits per heavy atom. The van der Waals surface area contributed by atoms with E-state index in [2.05, 4.69) is 4.74 Å². The maximum Gasteiger partial charge on any atom is 0.336 e. The zero-order chi connectivity index (χ0) is 16.6. The van der Waals surface area contributed by atoms with Gasteiger partial charge in [-0.15, -0.1) is 0 Å². The molecule has 2 unspecified atom stereocenters. The fourth-order valence-corrected chi connectivity index (χ4v) is 1.47. The molecule has 0 fully saturated rings. The maximum absolute atomic E-state index is 11.5. The second kappa shape index (κ2) is 8.20. The van der Waals surface area contributed by atoms with Crippen molar-refractivity contribution < 1.29 is 44.0 Å². The van der Waals surface area contributed by atoms with E-state index in [0.29, 0.717) is 0 Å². The molecule has 0 bridgehead atoms. The van der Waals surface area contributed by atoms with E-state index in [9.17, 15) is 24.3 Å². The summed E-state index contributed by atoms with van der Waals surface area (Å²) in [7, 11) is 0. The molecule has 0 saturated heterocycles.